The molecule has 0 rings (SSSR count). The van der Waals surface area contributed by atoms with Gasteiger partial charge in [0, 0.05) is 13.1 Å². The normalized spacial score (nSPS) is 14.2. The molecule has 0 heterocycles. The molecule has 0 aliphatic heterocycles. The zero-order chi connectivity index (χ0) is 11.0. The average Bonchev–Trinajstić information content (AvgIpc) is 2.13. The van der Waals surface area contributed by atoms with Crippen LogP contribution in [0, 0.1) is 5.92 Å². The Morgan fingerprint density at radius 3 is 2.57 bits per heavy atom. The molecule has 0 aliphatic carbocycles. The summed E-state index contributed by atoms with van der Waals surface area (Å²) in [4.78, 5) is 0. The highest BCUT2D eigenvalue weighted by atomic mass is 32.2. The molecule has 0 aromatic carbocycles. The quantitative estimate of drug-likeness (QED) is 0.633. The summed E-state index contributed by atoms with van der Waals surface area (Å²) in [6.45, 7) is 3.07. The molecule has 0 aromatic heterocycles. The van der Waals surface area contributed by atoms with Gasteiger partial charge in [-0.05, 0) is 25.0 Å². The molecular weight excluding hydrogens is 220 g/mol. The Bertz CT molecular complexity index is 229. The van der Waals surface area contributed by atoms with E-state index in [0.717, 1.165) is 5.75 Å². The minimum absolute atomic E-state index is 0.148. The summed E-state index contributed by atoms with van der Waals surface area (Å²) in [5.74, 6) is 1.51. The molecule has 0 radical (unpaired) electrons. The van der Waals surface area contributed by atoms with E-state index in [4.69, 9.17) is 0 Å². The van der Waals surface area contributed by atoms with Gasteiger partial charge in [0.15, 0.2) is 0 Å². The Morgan fingerprint density at radius 1 is 1.43 bits per heavy atom. The molecule has 2 N–H and O–H groups in total. The maximum Gasteiger partial charge on any atom is 0.212 e. The molecule has 1 unspecified atom stereocenters. The van der Waals surface area contributed by atoms with Gasteiger partial charge in [-0.2, -0.15) is 11.8 Å². The summed E-state index contributed by atoms with van der Waals surface area (Å²) in [7, 11) is -1.34. The summed E-state index contributed by atoms with van der Waals surface area (Å²) < 4.78 is 25.3. The predicted molar refractivity (Wildman–Crippen MR) is 63.3 cm³/mol. The summed E-state index contributed by atoms with van der Waals surface area (Å²) in [6.07, 6.45) is 2.02. The van der Waals surface area contributed by atoms with E-state index in [1.165, 1.54) is 0 Å². The number of rotatable bonds is 8. The molecule has 0 fully saturated rings. The Kier molecular flexibility index (Phi) is 7.62. The fourth-order valence-electron chi connectivity index (χ4n) is 0.921. The molecule has 1 atom stereocenters. The lowest BCUT2D eigenvalue weighted by atomic mass is 10.2. The third-order valence-electron chi connectivity index (χ3n) is 1.72. The van der Waals surface area contributed by atoms with Crippen LogP contribution >= 0.6 is 11.8 Å². The number of hydrogen-bond acceptors (Lipinski definition) is 4. The topological polar surface area (TPSA) is 58.2 Å². The Labute approximate surface area is 91.3 Å². The third-order valence-corrected chi connectivity index (χ3v) is 3.97. The Hall–Kier alpha value is 0.220. The highest BCUT2D eigenvalue weighted by Gasteiger charge is 2.10. The van der Waals surface area contributed by atoms with Crippen molar-refractivity contribution in [1.29, 1.82) is 0 Å². The zero-order valence-electron chi connectivity index (χ0n) is 9.04. The van der Waals surface area contributed by atoms with Gasteiger partial charge < -0.3 is 5.32 Å². The van der Waals surface area contributed by atoms with E-state index < -0.39 is 10.0 Å². The van der Waals surface area contributed by atoms with Crippen LogP contribution in [0.4, 0.5) is 0 Å². The van der Waals surface area contributed by atoms with Gasteiger partial charge in [-0.3, -0.25) is 0 Å². The van der Waals surface area contributed by atoms with Crippen LogP contribution in [0.2, 0.25) is 0 Å². The van der Waals surface area contributed by atoms with Crippen molar-refractivity contribution in [2.24, 2.45) is 5.92 Å². The van der Waals surface area contributed by atoms with Crippen molar-refractivity contribution in [3.63, 3.8) is 0 Å². The molecule has 0 saturated heterocycles. The van der Waals surface area contributed by atoms with E-state index in [9.17, 15) is 8.42 Å². The largest absolute Gasteiger partial charge is 0.319 e. The minimum atomic E-state index is -3.08. The van der Waals surface area contributed by atoms with Crippen LogP contribution in [0.5, 0.6) is 0 Å². The van der Waals surface area contributed by atoms with Gasteiger partial charge in [-0.15, -0.1) is 0 Å². The monoisotopic (exact) mass is 240 g/mol. The molecule has 14 heavy (non-hydrogen) atoms. The van der Waals surface area contributed by atoms with Crippen LogP contribution in [0.25, 0.3) is 0 Å². The second-order valence-corrected chi connectivity index (χ2v) is 6.17. The van der Waals surface area contributed by atoms with E-state index >= 15 is 0 Å². The predicted octanol–water partition coefficient (Wildman–Crippen LogP) is 0.124. The second kappa shape index (κ2) is 7.50. The van der Waals surface area contributed by atoms with Crippen molar-refractivity contribution >= 4 is 21.8 Å². The van der Waals surface area contributed by atoms with Crippen LogP contribution in [-0.4, -0.2) is 46.3 Å². The smallest absolute Gasteiger partial charge is 0.212 e. The van der Waals surface area contributed by atoms with E-state index in [1.807, 2.05) is 13.2 Å². The van der Waals surface area contributed by atoms with Gasteiger partial charge in [0.1, 0.15) is 0 Å². The molecule has 6 heteroatoms. The van der Waals surface area contributed by atoms with Crippen molar-refractivity contribution in [3.05, 3.63) is 0 Å². The molecule has 0 aliphatic rings. The zero-order valence-corrected chi connectivity index (χ0v) is 10.7. The van der Waals surface area contributed by atoms with Gasteiger partial charge in [-0.1, -0.05) is 6.92 Å². The average molecular weight is 240 g/mol. The second-order valence-electron chi connectivity index (χ2n) is 3.33. The van der Waals surface area contributed by atoms with E-state index in [2.05, 4.69) is 10.0 Å². The van der Waals surface area contributed by atoms with Gasteiger partial charge in [0.05, 0.1) is 5.75 Å². The number of thioether (sulfide) groups is 1. The lowest BCUT2D eigenvalue weighted by Gasteiger charge is -2.11. The molecular formula is C8H20N2O2S2. The van der Waals surface area contributed by atoms with E-state index in [-0.39, 0.29) is 5.75 Å². The first-order valence-electron chi connectivity index (χ1n) is 4.62. The first-order chi connectivity index (χ1) is 6.52. The summed E-state index contributed by atoms with van der Waals surface area (Å²) >= 11 is 1.73. The van der Waals surface area contributed by atoms with Crippen LogP contribution < -0.4 is 10.0 Å². The van der Waals surface area contributed by atoms with Gasteiger partial charge in [-0.25, -0.2) is 13.1 Å². The third kappa shape index (κ3) is 7.61. The molecule has 0 bridgehead atoms. The lowest BCUT2D eigenvalue weighted by Crippen LogP contribution is -2.34. The van der Waals surface area contributed by atoms with Crippen LogP contribution in [-0.2, 0) is 10.0 Å². The lowest BCUT2D eigenvalue weighted by molar-refractivity contribution is 0.561. The fraction of sp³-hybridized carbons (Fsp3) is 1.00. The summed E-state index contributed by atoms with van der Waals surface area (Å²) in [6, 6.07) is 0. The minimum Gasteiger partial charge on any atom is -0.319 e. The van der Waals surface area contributed by atoms with E-state index in [0.29, 0.717) is 19.0 Å². The van der Waals surface area contributed by atoms with Crippen LogP contribution in [0.3, 0.4) is 0 Å². The van der Waals surface area contributed by atoms with Crippen molar-refractivity contribution in [2.45, 2.75) is 6.92 Å². The standard InChI is InChI=1S/C8H20N2O2S2/c1-8(7-13-3)6-10-14(11,12)5-4-9-2/h8-10H,4-7H2,1-3H3. The Balaban J connectivity index is 3.75. The number of nitrogens with one attached hydrogen (secondary N) is 2. The summed E-state index contributed by atoms with van der Waals surface area (Å²) in [5.41, 5.74) is 0. The first-order valence-corrected chi connectivity index (χ1v) is 7.67. The SMILES string of the molecule is CNCCS(=O)(=O)NCC(C)CSC. The molecule has 4 nitrogen and oxygen atoms in total. The molecule has 0 spiro atoms. The van der Waals surface area contributed by atoms with Crippen molar-refractivity contribution < 1.29 is 8.42 Å². The maximum absolute atomic E-state index is 11.3. The first kappa shape index (κ1) is 14.2. The number of sulfonamides is 1. The van der Waals surface area contributed by atoms with Crippen LogP contribution in [0.1, 0.15) is 6.92 Å². The van der Waals surface area contributed by atoms with Crippen molar-refractivity contribution in [3.8, 4) is 0 Å². The molecule has 0 amide bonds. The van der Waals surface area contributed by atoms with E-state index in [1.54, 1.807) is 18.8 Å². The van der Waals surface area contributed by atoms with Crippen LogP contribution in [0.15, 0.2) is 0 Å². The highest BCUT2D eigenvalue weighted by Crippen LogP contribution is 2.03. The summed E-state index contributed by atoms with van der Waals surface area (Å²) in [5, 5.41) is 2.81. The maximum atomic E-state index is 11.3. The highest BCUT2D eigenvalue weighted by molar-refractivity contribution is 7.98. The van der Waals surface area contributed by atoms with Gasteiger partial charge >= 0.3 is 0 Å². The molecule has 0 aromatic rings. The Morgan fingerprint density at radius 2 is 2.07 bits per heavy atom. The molecule has 0 saturated carbocycles. The fourth-order valence-corrected chi connectivity index (χ4v) is 2.76. The van der Waals surface area contributed by atoms with Gasteiger partial charge in [0.2, 0.25) is 10.0 Å². The van der Waals surface area contributed by atoms with Crippen molar-refractivity contribution in [1.82, 2.24) is 10.0 Å². The van der Waals surface area contributed by atoms with Gasteiger partial charge in [0.25, 0.3) is 0 Å². The number of hydrogen-bond donors (Lipinski definition) is 2. The van der Waals surface area contributed by atoms with Crippen molar-refractivity contribution in [2.75, 3.05) is 37.9 Å². The molecule has 86 valence electrons.